The van der Waals surface area contributed by atoms with Crippen molar-refractivity contribution in [2.75, 3.05) is 0 Å². The van der Waals surface area contributed by atoms with Gasteiger partial charge in [-0.05, 0) is 29.8 Å². The summed E-state index contributed by atoms with van der Waals surface area (Å²) in [6, 6.07) is 6.01. The Labute approximate surface area is 127 Å². The topological polar surface area (TPSA) is 0 Å². The highest BCUT2D eigenvalue weighted by molar-refractivity contribution is 6.36. The molecule has 21 heavy (non-hydrogen) atoms. The first kappa shape index (κ1) is 16.0. The van der Waals surface area contributed by atoms with Gasteiger partial charge in [-0.2, -0.15) is 13.2 Å². The van der Waals surface area contributed by atoms with Crippen LogP contribution < -0.4 is 0 Å². The SMILES string of the molecule is FC(F)c1ccc(C(F)(F)F)cc1-c1ccc(Cl)cc1Cl. The lowest BCUT2D eigenvalue weighted by Crippen LogP contribution is -2.06. The fraction of sp³-hybridized carbons (Fsp3) is 0.143. The number of benzene rings is 2. The Hall–Kier alpha value is -1.33. The summed E-state index contributed by atoms with van der Waals surface area (Å²) in [6.45, 7) is 0. The minimum atomic E-state index is -4.63. The van der Waals surface area contributed by atoms with Crippen molar-refractivity contribution in [1.82, 2.24) is 0 Å². The van der Waals surface area contributed by atoms with Crippen molar-refractivity contribution in [3.63, 3.8) is 0 Å². The predicted molar refractivity (Wildman–Crippen MR) is 71.9 cm³/mol. The van der Waals surface area contributed by atoms with Crippen LogP contribution in [0.5, 0.6) is 0 Å². The molecule has 0 nitrogen and oxygen atoms in total. The molecule has 2 aromatic carbocycles. The summed E-state index contributed by atoms with van der Waals surface area (Å²) < 4.78 is 64.2. The molecule has 0 aromatic heterocycles. The second kappa shape index (κ2) is 5.81. The van der Waals surface area contributed by atoms with Gasteiger partial charge in [-0.1, -0.05) is 35.3 Å². The van der Waals surface area contributed by atoms with Crippen LogP contribution in [0, 0.1) is 0 Å². The smallest absolute Gasteiger partial charge is 0.205 e. The van der Waals surface area contributed by atoms with Crippen LogP contribution in [0.4, 0.5) is 22.0 Å². The highest BCUT2D eigenvalue weighted by Gasteiger charge is 2.32. The molecule has 0 saturated heterocycles. The Balaban J connectivity index is 2.69. The normalized spacial score (nSPS) is 12.0. The van der Waals surface area contributed by atoms with Gasteiger partial charge in [-0.25, -0.2) is 8.78 Å². The van der Waals surface area contributed by atoms with E-state index in [0.717, 1.165) is 6.07 Å². The highest BCUT2D eigenvalue weighted by atomic mass is 35.5. The van der Waals surface area contributed by atoms with Crippen molar-refractivity contribution in [2.24, 2.45) is 0 Å². The average molecular weight is 341 g/mol. The van der Waals surface area contributed by atoms with Gasteiger partial charge in [-0.15, -0.1) is 0 Å². The maximum absolute atomic E-state index is 13.0. The van der Waals surface area contributed by atoms with Gasteiger partial charge in [0.25, 0.3) is 6.43 Å². The fourth-order valence-corrected chi connectivity index (χ4v) is 2.37. The van der Waals surface area contributed by atoms with Gasteiger partial charge in [-0.3, -0.25) is 0 Å². The van der Waals surface area contributed by atoms with Gasteiger partial charge >= 0.3 is 6.18 Å². The van der Waals surface area contributed by atoms with Crippen molar-refractivity contribution in [3.05, 3.63) is 57.6 Å². The van der Waals surface area contributed by atoms with Crippen LogP contribution in [-0.2, 0) is 6.18 Å². The lowest BCUT2D eigenvalue weighted by atomic mass is 9.97. The lowest BCUT2D eigenvalue weighted by Gasteiger charge is -2.14. The molecule has 2 aromatic rings. The summed E-state index contributed by atoms with van der Waals surface area (Å²) >= 11 is 11.6. The van der Waals surface area contributed by atoms with Gasteiger partial charge in [0, 0.05) is 21.2 Å². The van der Waals surface area contributed by atoms with E-state index in [2.05, 4.69) is 0 Å². The molecule has 0 fully saturated rings. The lowest BCUT2D eigenvalue weighted by molar-refractivity contribution is -0.137. The molecule has 0 radical (unpaired) electrons. The first-order valence-electron chi connectivity index (χ1n) is 5.65. The van der Waals surface area contributed by atoms with E-state index in [1.165, 1.54) is 18.2 Å². The third kappa shape index (κ3) is 3.47. The van der Waals surface area contributed by atoms with E-state index in [1.54, 1.807) is 0 Å². The molecule has 0 aliphatic heterocycles. The second-order valence-corrected chi connectivity index (χ2v) is 5.07. The molecular weight excluding hydrogens is 334 g/mol. The third-order valence-corrected chi connectivity index (χ3v) is 3.38. The number of hydrogen-bond donors (Lipinski definition) is 0. The molecule has 112 valence electrons. The molecule has 7 heteroatoms. The van der Waals surface area contributed by atoms with E-state index in [9.17, 15) is 22.0 Å². The molecule has 0 N–H and O–H groups in total. The van der Waals surface area contributed by atoms with E-state index < -0.39 is 23.7 Å². The summed E-state index contributed by atoms with van der Waals surface area (Å²) in [5.41, 5.74) is -1.73. The zero-order valence-corrected chi connectivity index (χ0v) is 11.7. The quantitative estimate of drug-likeness (QED) is 0.539. The molecule has 0 heterocycles. The minimum Gasteiger partial charge on any atom is -0.205 e. The van der Waals surface area contributed by atoms with Crippen molar-refractivity contribution in [3.8, 4) is 11.1 Å². The van der Waals surface area contributed by atoms with E-state index in [4.69, 9.17) is 23.2 Å². The van der Waals surface area contributed by atoms with Crippen molar-refractivity contribution in [1.29, 1.82) is 0 Å². The summed E-state index contributed by atoms with van der Waals surface area (Å²) in [5.74, 6) is 0. The maximum Gasteiger partial charge on any atom is 0.416 e. The molecular formula is C14H7Cl2F5. The number of hydrogen-bond acceptors (Lipinski definition) is 0. The van der Waals surface area contributed by atoms with E-state index in [-0.39, 0.29) is 21.2 Å². The second-order valence-electron chi connectivity index (χ2n) is 4.22. The molecule has 0 bridgehead atoms. The van der Waals surface area contributed by atoms with Crippen LogP contribution in [0.15, 0.2) is 36.4 Å². The third-order valence-electron chi connectivity index (χ3n) is 2.84. The molecule has 2 rings (SSSR count). The van der Waals surface area contributed by atoms with Crippen LogP contribution in [0.25, 0.3) is 11.1 Å². The van der Waals surface area contributed by atoms with Gasteiger partial charge < -0.3 is 0 Å². The molecule has 0 atom stereocenters. The fourth-order valence-electron chi connectivity index (χ4n) is 1.86. The largest absolute Gasteiger partial charge is 0.416 e. The van der Waals surface area contributed by atoms with Gasteiger partial charge in [0.2, 0.25) is 0 Å². The first-order valence-corrected chi connectivity index (χ1v) is 6.40. The highest BCUT2D eigenvalue weighted by Crippen LogP contribution is 2.40. The first-order chi connectivity index (χ1) is 9.70. The van der Waals surface area contributed by atoms with E-state index in [0.29, 0.717) is 12.1 Å². The molecule has 0 unspecified atom stereocenters. The summed E-state index contributed by atoms with van der Waals surface area (Å²) in [7, 11) is 0. The van der Waals surface area contributed by atoms with Crippen molar-refractivity contribution in [2.45, 2.75) is 12.6 Å². The predicted octanol–water partition coefficient (Wildman–Crippen LogP) is 6.62. The van der Waals surface area contributed by atoms with Crippen molar-refractivity contribution < 1.29 is 22.0 Å². The Kier molecular flexibility index (Phi) is 4.44. The zero-order valence-electron chi connectivity index (χ0n) is 10.2. The monoisotopic (exact) mass is 340 g/mol. The average Bonchev–Trinajstić information content (AvgIpc) is 2.37. The molecule has 0 spiro atoms. The van der Waals surface area contributed by atoms with Crippen LogP contribution in [0.1, 0.15) is 17.6 Å². The summed E-state index contributed by atoms with van der Waals surface area (Å²) in [6.07, 6.45) is -7.55. The maximum atomic E-state index is 13.0. The van der Waals surface area contributed by atoms with Gasteiger partial charge in [0.15, 0.2) is 0 Å². The van der Waals surface area contributed by atoms with E-state index >= 15 is 0 Å². The van der Waals surface area contributed by atoms with Crippen molar-refractivity contribution >= 4 is 23.2 Å². The van der Waals surface area contributed by atoms with Gasteiger partial charge in [0.1, 0.15) is 0 Å². The Morgan fingerprint density at radius 3 is 2.05 bits per heavy atom. The Bertz CT molecular complexity index is 665. The molecule has 0 aliphatic rings. The van der Waals surface area contributed by atoms with Crippen LogP contribution in [-0.4, -0.2) is 0 Å². The standard InChI is InChI=1S/C14H7Cl2F5/c15-8-2-4-9(12(16)6-8)11-5-7(14(19,20)21)1-3-10(11)13(17)18/h1-6,13H. The molecule has 0 saturated carbocycles. The number of alkyl halides is 5. The Morgan fingerprint density at radius 1 is 0.857 bits per heavy atom. The summed E-state index contributed by atoms with van der Waals surface area (Å²) in [4.78, 5) is 0. The zero-order chi connectivity index (χ0) is 15.8. The van der Waals surface area contributed by atoms with Crippen LogP contribution >= 0.6 is 23.2 Å². The van der Waals surface area contributed by atoms with Crippen LogP contribution in [0.3, 0.4) is 0 Å². The van der Waals surface area contributed by atoms with Gasteiger partial charge in [0.05, 0.1) is 5.56 Å². The van der Waals surface area contributed by atoms with E-state index in [1.807, 2.05) is 0 Å². The minimum absolute atomic E-state index is 0.00345. The molecule has 0 amide bonds. The molecule has 0 aliphatic carbocycles. The summed E-state index contributed by atoms with van der Waals surface area (Å²) in [5, 5.41) is 0.262. The van der Waals surface area contributed by atoms with Crippen LogP contribution in [0.2, 0.25) is 10.0 Å². The Morgan fingerprint density at radius 2 is 1.52 bits per heavy atom. The number of halogens is 7. The number of rotatable bonds is 2.